The molecule has 3 heterocycles. The van der Waals surface area contributed by atoms with Gasteiger partial charge in [0.25, 0.3) is 0 Å². The minimum Gasteiger partial charge on any atom is -0.306 e. The van der Waals surface area contributed by atoms with Crippen LogP contribution in [-0.2, 0) is 0 Å². The largest absolute Gasteiger partial charge is 0.306 e. The Morgan fingerprint density at radius 3 is 1.20 bits per heavy atom. The van der Waals surface area contributed by atoms with Crippen LogP contribution < -0.4 is 0 Å². The van der Waals surface area contributed by atoms with Gasteiger partial charge in [0.15, 0.2) is 23.3 Å². The predicted molar refractivity (Wildman–Crippen MR) is 248 cm³/mol. The fourth-order valence-corrected chi connectivity index (χ4v) is 8.11. The summed E-state index contributed by atoms with van der Waals surface area (Å²) in [5, 5.41) is 1.08. The first-order chi connectivity index (χ1) is 30.2. The molecule has 0 unspecified atom stereocenters. The molecule has 0 amide bonds. The van der Waals surface area contributed by atoms with Crippen molar-refractivity contribution in [2.24, 2.45) is 0 Å². The van der Waals surface area contributed by atoms with Crippen LogP contribution >= 0.6 is 0 Å². The Morgan fingerprint density at radius 1 is 0.279 bits per heavy atom. The van der Waals surface area contributed by atoms with Crippen LogP contribution in [0, 0.1) is 0 Å². The summed E-state index contributed by atoms with van der Waals surface area (Å²) in [4.78, 5) is 25.5. The van der Waals surface area contributed by atoms with Crippen LogP contribution in [0.2, 0.25) is 0 Å². The number of benzene rings is 8. The quantitative estimate of drug-likeness (QED) is 0.154. The average Bonchev–Trinajstić information content (AvgIpc) is 3.69. The lowest BCUT2D eigenvalue weighted by Crippen LogP contribution is -2.00. The maximum absolute atomic E-state index is 5.36. The number of hydrogen-bond donors (Lipinski definition) is 0. The van der Waals surface area contributed by atoms with Gasteiger partial charge in [-0.2, -0.15) is 0 Å². The summed E-state index contributed by atoms with van der Waals surface area (Å²) >= 11 is 0. The Balaban J connectivity index is 1.02. The van der Waals surface area contributed by atoms with Gasteiger partial charge < -0.3 is 4.57 Å². The molecule has 0 radical (unpaired) electrons. The highest BCUT2D eigenvalue weighted by Gasteiger charge is 2.21. The van der Waals surface area contributed by atoms with Crippen LogP contribution in [0.25, 0.3) is 107 Å². The molecule has 0 aliphatic rings. The van der Waals surface area contributed by atoms with Gasteiger partial charge in [0.1, 0.15) is 5.52 Å². The van der Waals surface area contributed by atoms with Crippen LogP contribution in [0.1, 0.15) is 0 Å². The van der Waals surface area contributed by atoms with Crippen molar-refractivity contribution >= 4 is 21.9 Å². The molecule has 0 spiro atoms. The second-order valence-electron chi connectivity index (χ2n) is 14.9. The highest BCUT2D eigenvalue weighted by Crippen LogP contribution is 2.39. The number of aromatic nitrogens is 6. The monoisotopic (exact) mass is 780 g/mol. The summed E-state index contributed by atoms with van der Waals surface area (Å²) in [6.45, 7) is 0. The van der Waals surface area contributed by atoms with E-state index in [0.717, 1.165) is 83.4 Å². The molecule has 6 nitrogen and oxygen atoms in total. The van der Waals surface area contributed by atoms with E-state index in [1.165, 1.54) is 0 Å². The number of nitrogens with zero attached hydrogens (tertiary/aromatic N) is 6. The molecule has 3 aromatic heterocycles. The minimum absolute atomic E-state index is 0.623. The third kappa shape index (κ3) is 6.82. The van der Waals surface area contributed by atoms with E-state index in [1.54, 1.807) is 0 Å². The van der Waals surface area contributed by atoms with Crippen molar-refractivity contribution in [1.29, 1.82) is 0 Å². The summed E-state index contributed by atoms with van der Waals surface area (Å²) in [6, 6.07) is 75.2. The van der Waals surface area contributed by atoms with Crippen molar-refractivity contribution in [2.75, 3.05) is 0 Å². The van der Waals surface area contributed by atoms with Gasteiger partial charge in [-0.3, -0.25) is 0 Å². The van der Waals surface area contributed by atoms with Gasteiger partial charge in [0, 0.05) is 38.9 Å². The Hall–Kier alpha value is -8.35. The fraction of sp³-hybridized carbons (Fsp3) is 0. The van der Waals surface area contributed by atoms with Crippen molar-refractivity contribution in [1.82, 2.24) is 29.5 Å². The number of hydrogen-bond acceptors (Lipinski definition) is 5. The average molecular weight is 781 g/mol. The standard InChI is InChI=1S/C55H36N6/c1-5-18-37(19-6-1)52-56-49(51-50(57-52)47-32-13-14-33-48(47)61(51)46-30-11-4-12-31-46)44-28-16-26-42(35-44)40-24-15-25-41(34-40)43-27-17-29-45(36-43)55-59-53(38-20-7-2-8-21-38)58-54(60-55)39-22-9-3-10-23-39/h1-36H. The van der Waals surface area contributed by atoms with E-state index in [9.17, 15) is 0 Å². The molecular weight excluding hydrogens is 745 g/mol. The summed E-state index contributed by atoms with van der Waals surface area (Å²) in [5.41, 5.74) is 14.0. The molecule has 8 aromatic carbocycles. The molecule has 0 saturated heterocycles. The molecule has 0 fully saturated rings. The van der Waals surface area contributed by atoms with Gasteiger partial charge >= 0.3 is 0 Å². The van der Waals surface area contributed by atoms with E-state index < -0.39 is 0 Å². The van der Waals surface area contributed by atoms with Crippen LogP contribution in [0.5, 0.6) is 0 Å². The first-order valence-corrected chi connectivity index (χ1v) is 20.3. The number of fused-ring (bicyclic) bond motifs is 3. The van der Waals surface area contributed by atoms with Crippen LogP contribution in [0.15, 0.2) is 218 Å². The Labute approximate surface area is 353 Å². The Morgan fingerprint density at radius 2 is 0.656 bits per heavy atom. The SMILES string of the molecule is c1ccc(-c2nc(-c3ccccc3)nc(-c3cccc(-c4cccc(-c5cccc(-c6nc(-c7ccccc7)nc7c8ccccc8n(-c8ccccc8)c67)c5)c4)c3)n2)cc1. The molecule has 286 valence electrons. The molecule has 0 aliphatic heterocycles. The van der Waals surface area contributed by atoms with Crippen LogP contribution in [0.3, 0.4) is 0 Å². The van der Waals surface area contributed by atoms with Gasteiger partial charge in [0.2, 0.25) is 0 Å². The van der Waals surface area contributed by atoms with Gasteiger partial charge in [-0.25, -0.2) is 24.9 Å². The molecule has 11 rings (SSSR count). The van der Waals surface area contributed by atoms with Crippen molar-refractivity contribution in [3.8, 4) is 84.7 Å². The zero-order valence-corrected chi connectivity index (χ0v) is 33.0. The summed E-state index contributed by atoms with van der Waals surface area (Å²) in [5.74, 6) is 2.59. The Bertz CT molecular complexity index is 3290. The van der Waals surface area contributed by atoms with Crippen LogP contribution in [0.4, 0.5) is 0 Å². The van der Waals surface area contributed by atoms with Gasteiger partial charge in [0.05, 0.1) is 16.7 Å². The van der Waals surface area contributed by atoms with Gasteiger partial charge in [-0.1, -0.05) is 182 Å². The molecule has 0 bridgehead atoms. The zero-order chi connectivity index (χ0) is 40.5. The normalized spacial score (nSPS) is 11.3. The number of para-hydroxylation sites is 2. The van der Waals surface area contributed by atoms with Crippen molar-refractivity contribution in [3.63, 3.8) is 0 Å². The van der Waals surface area contributed by atoms with Gasteiger partial charge in [-0.05, 0) is 58.7 Å². The van der Waals surface area contributed by atoms with E-state index >= 15 is 0 Å². The lowest BCUT2D eigenvalue weighted by Gasteiger charge is -2.13. The minimum atomic E-state index is 0.623. The maximum Gasteiger partial charge on any atom is 0.164 e. The lowest BCUT2D eigenvalue weighted by molar-refractivity contribution is 1.07. The van der Waals surface area contributed by atoms with E-state index in [4.69, 9.17) is 24.9 Å². The molecule has 6 heteroatoms. The predicted octanol–water partition coefficient (Wildman–Crippen LogP) is 13.4. The van der Waals surface area contributed by atoms with Crippen LogP contribution in [-0.4, -0.2) is 29.5 Å². The van der Waals surface area contributed by atoms with E-state index in [2.05, 4.69) is 138 Å². The highest BCUT2D eigenvalue weighted by molar-refractivity contribution is 6.11. The summed E-state index contributed by atoms with van der Waals surface area (Å²) in [7, 11) is 0. The molecule has 0 saturated carbocycles. The molecular formula is C55H36N6. The second kappa shape index (κ2) is 15.4. The highest BCUT2D eigenvalue weighted by atomic mass is 15.0. The van der Waals surface area contributed by atoms with E-state index in [1.807, 2.05) is 84.9 Å². The van der Waals surface area contributed by atoms with Crippen molar-refractivity contribution in [2.45, 2.75) is 0 Å². The molecule has 0 aliphatic carbocycles. The maximum atomic E-state index is 5.36. The summed E-state index contributed by atoms with van der Waals surface area (Å²) < 4.78 is 2.30. The molecule has 61 heavy (non-hydrogen) atoms. The Kier molecular flexibility index (Phi) is 9.06. The van der Waals surface area contributed by atoms with E-state index in [0.29, 0.717) is 23.3 Å². The number of rotatable bonds is 8. The topological polar surface area (TPSA) is 69.4 Å². The summed E-state index contributed by atoms with van der Waals surface area (Å²) in [6.07, 6.45) is 0. The first kappa shape index (κ1) is 35.8. The molecule has 0 N–H and O–H groups in total. The van der Waals surface area contributed by atoms with Gasteiger partial charge in [-0.15, -0.1) is 0 Å². The molecule has 11 aromatic rings. The van der Waals surface area contributed by atoms with E-state index in [-0.39, 0.29) is 0 Å². The fourth-order valence-electron chi connectivity index (χ4n) is 8.11. The van der Waals surface area contributed by atoms with Crippen molar-refractivity contribution < 1.29 is 0 Å². The third-order valence-corrected chi connectivity index (χ3v) is 11.0. The lowest BCUT2D eigenvalue weighted by atomic mass is 9.96. The first-order valence-electron chi connectivity index (χ1n) is 20.3. The zero-order valence-electron chi connectivity index (χ0n) is 33.0. The smallest absolute Gasteiger partial charge is 0.164 e. The third-order valence-electron chi connectivity index (χ3n) is 11.0. The second-order valence-corrected chi connectivity index (χ2v) is 14.9. The van der Waals surface area contributed by atoms with Crippen molar-refractivity contribution in [3.05, 3.63) is 218 Å². The molecule has 0 atom stereocenters.